The van der Waals surface area contributed by atoms with Crippen LogP contribution in [-0.4, -0.2) is 52.3 Å². The lowest BCUT2D eigenvalue weighted by Gasteiger charge is -2.51. The van der Waals surface area contributed by atoms with Crippen LogP contribution < -0.4 is 0 Å². The lowest BCUT2D eigenvalue weighted by Crippen LogP contribution is -2.56. The van der Waals surface area contributed by atoms with Crippen LogP contribution in [0.1, 0.15) is 68.1 Å². The number of rotatable bonds is 2. The molecule has 0 bridgehead atoms. The van der Waals surface area contributed by atoms with Gasteiger partial charge in [0.1, 0.15) is 17.5 Å². The van der Waals surface area contributed by atoms with Gasteiger partial charge in [0.2, 0.25) is 0 Å². The zero-order chi connectivity index (χ0) is 22.0. The summed E-state index contributed by atoms with van der Waals surface area (Å²) in [7, 11) is 0. The van der Waals surface area contributed by atoms with Crippen molar-refractivity contribution >= 4 is 5.78 Å². The molecule has 0 aromatic heterocycles. The standard InChI is InChI=1S/C26H30O6/c1-12(18-11-19-23(30-19)24(29)31-18)14-8-13-5-6-16-15(22(13)17(27)9-14)10-21-26(32-21)7-3-4-20(28)25(16,26)2/h3-4,8-9,12,15-16,18-19,21,23-24,27,29H,5-7,10-11H2,1-2H3/t12-,15+,16-,18-,19-,21-,23-,24+,25-,26-/m0/s1. The Labute approximate surface area is 187 Å². The van der Waals surface area contributed by atoms with Gasteiger partial charge in [-0.25, -0.2) is 0 Å². The number of allylic oxidation sites excluding steroid dienone is 1. The summed E-state index contributed by atoms with van der Waals surface area (Å²) >= 11 is 0. The van der Waals surface area contributed by atoms with Gasteiger partial charge in [0.15, 0.2) is 12.1 Å². The predicted molar refractivity (Wildman–Crippen MR) is 114 cm³/mol. The van der Waals surface area contributed by atoms with E-state index in [0.29, 0.717) is 5.75 Å². The molecule has 1 spiro atoms. The van der Waals surface area contributed by atoms with Crippen molar-refractivity contribution in [1.82, 2.24) is 0 Å². The average Bonchev–Trinajstić information content (AvgIpc) is 3.67. The number of phenolic OH excluding ortho intramolecular Hbond substituents is 1. The van der Waals surface area contributed by atoms with Gasteiger partial charge in [-0.3, -0.25) is 4.79 Å². The molecule has 3 saturated heterocycles. The number of aryl methyl sites for hydroxylation is 1. The summed E-state index contributed by atoms with van der Waals surface area (Å²) in [6.07, 6.45) is 6.96. The van der Waals surface area contributed by atoms with Crippen LogP contribution in [0.5, 0.6) is 5.75 Å². The maximum atomic E-state index is 13.1. The number of aliphatic hydroxyl groups is 1. The van der Waals surface area contributed by atoms with Crippen LogP contribution in [-0.2, 0) is 25.4 Å². The highest BCUT2D eigenvalue weighted by molar-refractivity contribution is 5.98. The van der Waals surface area contributed by atoms with E-state index < -0.39 is 11.7 Å². The molecule has 32 heavy (non-hydrogen) atoms. The predicted octanol–water partition coefficient (Wildman–Crippen LogP) is 3.09. The van der Waals surface area contributed by atoms with E-state index in [1.165, 1.54) is 5.56 Å². The third-order valence-electron chi connectivity index (χ3n) is 9.72. The second-order valence-corrected chi connectivity index (χ2v) is 11.0. The van der Waals surface area contributed by atoms with E-state index in [1.54, 1.807) is 6.08 Å². The van der Waals surface area contributed by atoms with Crippen LogP contribution >= 0.6 is 0 Å². The topological polar surface area (TPSA) is 91.8 Å². The maximum absolute atomic E-state index is 13.1. The SMILES string of the molecule is C[C@@H](c1cc(O)c2c(c1)CC[C@H]1[C@H]2C[C@@H]2O[C@@]23CC=CC(=O)[C@]13C)[C@@H]1C[C@@H]2O[C@@H]2[C@H](O)O1. The smallest absolute Gasteiger partial charge is 0.184 e. The highest BCUT2D eigenvalue weighted by Gasteiger charge is 2.75. The molecule has 1 aromatic rings. The van der Waals surface area contributed by atoms with Gasteiger partial charge < -0.3 is 24.4 Å². The van der Waals surface area contributed by atoms with Gasteiger partial charge in [-0.15, -0.1) is 0 Å². The van der Waals surface area contributed by atoms with Crippen LogP contribution in [0.15, 0.2) is 24.3 Å². The number of aliphatic hydroxyl groups excluding tert-OH is 1. The number of phenols is 1. The first-order chi connectivity index (χ1) is 15.3. The van der Waals surface area contributed by atoms with Crippen LogP contribution in [0.4, 0.5) is 0 Å². The number of carbonyl (C=O) groups excluding carboxylic acids is 1. The monoisotopic (exact) mass is 438 g/mol. The molecule has 1 aromatic carbocycles. The summed E-state index contributed by atoms with van der Waals surface area (Å²) in [6.45, 7) is 4.20. The molecule has 170 valence electrons. The molecule has 3 aliphatic heterocycles. The van der Waals surface area contributed by atoms with E-state index in [2.05, 4.69) is 19.9 Å². The molecule has 0 unspecified atom stereocenters. The molecule has 6 aliphatic rings. The largest absolute Gasteiger partial charge is 0.508 e. The van der Waals surface area contributed by atoms with E-state index >= 15 is 0 Å². The van der Waals surface area contributed by atoms with Crippen molar-refractivity contribution < 1.29 is 29.2 Å². The highest BCUT2D eigenvalue weighted by atomic mass is 16.7. The Bertz CT molecular complexity index is 1050. The highest BCUT2D eigenvalue weighted by Crippen LogP contribution is 2.69. The molecule has 10 atom stereocenters. The Hall–Kier alpha value is -1.73. The maximum Gasteiger partial charge on any atom is 0.184 e. The average molecular weight is 439 g/mol. The fourth-order valence-electron chi connectivity index (χ4n) is 7.74. The molecule has 6 nitrogen and oxygen atoms in total. The summed E-state index contributed by atoms with van der Waals surface area (Å²) in [4.78, 5) is 13.1. The van der Waals surface area contributed by atoms with Crippen molar-refractivity contribution in [3.05, 3.63) is 41.0 Å². The van der Waals surface area contributed by atoms with Gasteiger partial charge in [-0.05, 0) is 67.7 Å². The Morgan fingerprint density at radius 3 is 2.88 bits per heavy atom. The molecule has 4 fully saturated rings. The van der Waals surface area contributed by atoms with Crippen molar-refractivity contribution in [2.24, 2.45) is 11.3 Å². The number of fused-ring (bicyclic) bond motifs is 5. The lowest BCUT2D eigenvalue weighted by atomic mass is 9.49. The fourth-order valence-corrected chi connectivity index (χ4v) is 7.74. The molecular formula is C26H30O6. The van der Waals surface area contributed by atoms with E-state index in [9.17, 15) is 15.0 Å². The minimum atomic E-state index is -0.864. The van der Waals surface area contributed by atoms with Gasteiger partial charge in [0.25, 0.3) is 0 Å². The number of ketones is 1. The zero-order valence-electron chi connectivity index (χ0n) is 18.5. The summed E-state index contributed by atoms with van der Waals surface area (Å²) in [5.74, 6) is 0.866. The number of hydrogen-bond donors (Lipinski definition) is 2. The quantitative estimate of drug-likeness (QED) is 0.690. The summed E-state index contributed by atoms with van der Waals surface area (Å²) in [5, 5.41) is 21.3. The summed E-state index contributed by atoms with van der Waals surface area (Å²) in [5.41, 5.74) is 2.38. The molecule has 0 radical (unpaired) electrons. The van der Waals surface area contributed by atoms with E-state index in [4.69, 9.17) is 14.2 Å². The zero-order valence-corrected chi connectivity index (χ0v) is 18.5. The van der Waals surface area contributed by atoms with E-state index in [-0.39, 0.29) is 53.6 Å². The molecular weight excluding hydrogens is 408 g/mol. The molecule has 2 N–H and O–H groups in total. The second-order valence-electron chi connectivity index (χ2n) is 11.0. The number of hydrogen-bond acceptors (Lipinski definition) is 6. The van der Waals surface area contributed by atoms with Crippen molar-refractivity contribution in [2.45, 2.75) is 94.1 Å². The van der Waals surface area contributed by atoms with Gasteiger partial charge in [0.05, 0.1) is 23.7 Å². The van der Waals surface area contributed by atoms with Crippen molar-refractivity contribution in [3.8, 4) is 5.75 Å². The summed E-state index contributed by atoms with van der Waals surface area (Å²) in [6, 6.07) is 4.09. The van der Waals surface area contributed by atoms with Gasteiger partial charge in [-0.1, -0.05) is 19.1 Å². The van der Waals surface area contributed by atoms with Crippen LogP contribution in [0, 0.1) is 11.3 Å². The van der Waals surface area contributed by atoms with Crippen LogP contribution in [0.2, 0.25) is 0 Å². The molecule has 3 aliphatic carbocycles. The molecule has 0 amide bonds. The number of epoxide rings is 2. The van der Waals surface area contributed by atoms with Gasteiger partial charge >= 0.3 is 0 Å². The van der Waals surface area contributed by atoms with E-state index in [1.807, 2.05) is 12.1 Å². The Kier molecular flexibility index (Phi) is 3.84. The minimum absolute atomic E-state index is 0.0390. The molecule has 7 rings (SSSR count). The third-order valence-corrected chi connectivity index (χ3v) is 9.72. The van der Waals surface area contributed by atoms with Gasteiger partial charge in [0, 0.05) is 17.9 Å². The van der Waals surface area contributed by atoms with Crippen LogP contribution in [0.3, 0.4) is 0 Å². The van der Waals surface area contributed by atoms with Crippen LogP contribution in [0.25, 0.3) is 0 Å². The van der Waals surface area contributed by atoms with Crippen molar-refractivity contribution in [1.29, 1.82) is 0 Å². The molecule has 1 saturated carbocycles. The Balaban J connectivity index is 1.23. The van der Waals surface area contributed by atoms with Crippen molar-refractivity contribution in [2.75, 3.05) is 0 Å². The Morgan fingerprint density at radius 1 is 1.22 bits per heavy atom. The lowest BCUT2D eigenvalue weighted by molar-refractivity contribution is -0.160. The number of ether oxygens (including phenoxy) is 3. The first kappa shape index (κ1) is 19.7. The first-order valence-electron chi connectivity index (χ1n) is 12.1. The van der Waals surface area contributed by atoms with Gasteiger partial charge in [-0.2, -0.15) is 0 Å². The number of benzene rings is 1. The fraction of sp³-hybridized carbons (Fsp3) is 0.654. The molecule has 6 heteroatoms. The Morgan fingerprint density at radius 2 is 2.06 bits per heavy atom. The normalized spacial score (nSPS) is 48.6. The number of aromatic hydroxyl groups is 1. The first-order valence-corrected chi connectivity index (χ1v) is 12.1. The third kappa shape index (κ3) is 2.37. The second kappa shape index (κ2) is 6.23. The molecule has 3 heterocycles. The minimum Gasteiger partial charge on any atom is -0.508 e. The number of carbonyl (C=O) groups is 1. The summed E-state index contributed by atoms with van der Waals surface area (Å²) < 4.78 is 17.6. The van der Waals surface area contributed by atoms with E-state index in [0.717, 1.165) is 43.2 Å². The van der Waals surface area contributed by atoms with Crippen molar-refractivity contribution in [3.63, 3.8) is 0 Å².